The molecule has 0 aliphatic heterocycles. The molecule has 0 unspecified atom stereocenters. The smallest absolute Gasteiger partial charge is 0.140 e. The molecule has 1 nitrogen and oxygen atoms in total. The first-order chi connectivity index (χ1) is 5.57. The molecule has 0 N–H and O–H groups in total. The Labute approximate surface area is 76.8 Å². The van der Waals surface area contributed by atoms with E-state index in [1.807, 2.05) is 31.4 Å². The van der Waals surface area contributed by atoms with Gasteiger partial charge in [-0.15, -0.1) is 0 Å². The van der Waals surface area contributed by atoms with Crippen LogP contribution in [0.15, 0.2) is 6.07 Å². The zero-order valence-corrected chi connectivity index (χ0v) is 8.02. The number of benzene rings is 1. The molecule has 5 heteroatoms. The van der Waals surface area contributed by atoms with Crippen molar-refractivity contribution in [2.24, 2.45) is 0 Å². The van der Waals surface area contributed by atoms with Gasteiger partial charge in [-0.2, -0.15) is 5.26 Å². The lowest BCUT2D eigenvalue weighted by molar-refractivity contribution is 1.52. The number of nitrogens with zero attached hydrogens (tertiary/aromatic N) is 1. The summed E-state index contributed by atoms with van der Waals surface area (Å²) in [5.74, 6) is 0. The van der Waals surface area contributed by atoms with E-state index in [0.29, 0.717) is 0 Å². The van der Waals surface area contributed by atoms with Gasteiger partial charge in [0.25, 0.3) is 0 Å². The molecule has 0 spiro atoms. The van der Waals surface area contributed by atoms with E-state index in [1.165, 1.54) is 10.9 Å². The summed E-state index contributed by atoms with van der Waals surface area (Å²) in [4.78, 5) is 0. The lowest BCUT2D eigenvalue weighted by atomic mass is 9.68. The quantitative estimate of drug-likeness (QED) is 0.339. The second kappa shape index (κ2) is 3.15. The van der Waals surface area contributed by atoms with Crippen molar-refractivity contribution in [3.63, 3.8) is 0 Å². The molecular weight excluding hydrogens is 141 g/mol. The Bertz CT molecular complexity index is 340. The zero-order chi connectivity index (χ0) is 9.30. The summed E-state index contributed by atoms with van der Waals surface area (Å²) in [6.45, 7) is 0. The number of rotatable bonds is 0. The highest BCUT2D eigenvalue weighted by Crippen LogP contribution is 1.81. The van der Waals surface area contributed by atoms with Crippen LogP contribution in [0.2, 0.25) is 0 Å². The fourth-order valence-corrected chi connectivity index (χ4v) is 1.38. The first-order valence-electron chi connectivity index (χ1n) is 4.05. The van der Waals surface area contributed by atoms with Crippen molar-refractivity contribution < 1.29 is 0 Å². The van der Waals surface area contributed by atoms with Gasteiger partial charge in [-0.1, -0.05) is 27.9 Å². The van der Waals surface area contributed by atoms with Gasteiger partial charge in [0.15, 0.2) is 0 Å². The van der Waals surface area contributed by atoms with Crippen LogP contribution in [0.4, 0.5) is 0 Å². The van der Waals surface area contributed by atoms with E-state index < -0.39 is 0 Å². The molecule has 0 aliphatic rings. The molecule has 0 saturated heterocycles. The van der Waals surface area contributed by atoms with Gasteiger partial charge < -0.3 is 0 Å². The largest absolute Gasteiger partial charge is 0.192 e. The molecule has 0 atom stereocenters. The third-order valence-electron chi connectivity index (χ3n) is 2.48. The lowest BCUT2D eigenvalue weighted by Crippen LogP contribution is -2.42. The summed E-state index contributed by atoms with van der Waals surface area (Å²) in [5.41, 5.74) is 5.47. The summed E-state index contributed by atoms with van der Waals surface area (Å²) < 4.78 is 0. The minimum atomic E-state index is 0.840. The van der Waals surface area contributed by atoms with Gasteiger partial charge in [-0.25, -0.2) is 0 Å². The molecule has 0 amide bonds. The van der Waals surface area contributed by atoms with E-state index in [2.05, 4.69) is 12.1 Å². The molecule has 0 aromatic heterocycles. The highest BCUT2D eigenvalue weighted by atomic mass is 14.2. The third kappa shape index (κ3) is 1.30. The van der Waals surface area contributed by atoms with Crippen molar-refractivity contribution in [3.8, 4) is 6.07 Å². The Balaban J connectivity index is 3.56. The van der Waals surface area contributed by atoms with Crippen molar-refractivity contribution in [3.05, 3.63) is 11.6 Å². The standard InChI is InChI=1S/C7H9B4N/c8-4-1-5(9)7(11)3(2-12)6(4)10/h1H,8-11H2. The van der Waals surface area contributed by atoms with Crippen molar-refractivity contribution in [2.45, 2.75) is 0 Å². The lowest BCUT2D eigenvalue weighted by Gasteiger charge is -2.09. The van der Waals surface area contributed by atoms with Gasteiger partial charge >= 0.3 is 0 Å². The SMILES string of the molecule is Bc1cc(B)c(B)c(C#N)c1B. The normalized spacial score (nSPS) is 9.25. The van der Waals surface area contributed by atoms with Gasteiger partial charge in [-0.05, 0) is 0 Å². The van der Waals surface area contributed by atoms with E-state index in [-0.39, 0.29) is 0 Å². The Morgan fingerprint density at radius 3 is 1.75 bits per heavy atom. The molecule has 54 valence electrons. The average Bonchev–Trinajstić information content (AvgIpc) is 2.02. The van der Waals surface area contributed by atoms with Crippen LogP contribution in [0.1, 0.15) is 5.56 Å². The van der Waals surface area contributed by atoms with Gasteiger partial charge in [0.05, 0.1) is 6.07 Å². The van der Waals surface area contributed by atoms with E-state index in [0.717, 1.165) is 16.5 Å². The first kappa shape index (κ1) is 9.06. The second-order valence-electron chi connectivity index (χ2n) is 3.25. The molecule has 0 bridgehead atoms. The van der Waals surface area contributed by atoms with Crippen molar-refractivity contribution in [1.29, 1.82) is 5.26 Å². The summed E-state index contributed by atoms with van der Waals surface area (Å²) in [5, 5.41) is 8.90. The average molecular weight is 150 g/mol. The van der Waals surface area contributed by atoms with Crippen LogP contribution >= 0.6 is 0 Å². The van der Waals surface area contributed by atoms with Crippen molar-refractivity contribution >= 4 is 53.2 Å². The number of nitriles is 1. The number of hydrogen-bond donors (Lipinski definition) is 0. The van der Waals surface area contributed by atoms with Crippen LogP contribution in [0.25, 0.3) is 0 Å². The Kier molecular flexibility index (Phi) is 2.37. The summed E-state index contributed by atoms with van der Waals surface area (Å²) >= 11 is 0. The van der Waals surface area contributed by atoms with Gasteiger partial charge in [0.2, 0.25) is 0 Å². The van der Waals surface area contributed by atoms with Crippen molar-refractivity contribution in [1.82, 2.24) is 0 Å². The maximum Gasteiger partial charge on any atom is 0.140 e. The van der Waals surface area contributed by atoms with Crippen LogP contribution in [0.5, 0.6) is 0 Å². The first-order valence-corrected chi connectivity index (χ1v) is 4.05. The van der Waals surface area contributed by atoms with Crippen LogP contribution in [0, 0.1) is 11.3 Å². The maximum absolute atomic E-state index is 8.90. The second-order valence-corrected chi connectivity index (χ2v) is 3.25. The molecule has 1 aromatic rings. The highest BCUT2D eigenvalue weighted by Gasteiger charge is 2.05. The molecule has 0 radical (unpaired) electrons. The van der Waals surface area contributed by atoms with Gasteiger partial charge in [-0.3, -0.25) is 0 Å². The summed E-state index contributed by atoms with van der Waals surface area (Å²) in [7, 11) is 8.09. The molecular formula is C7H9B4N. The number of hydrogen-bond acceptors (Lipinski definition) is 1. The zero-order valence-electron chi connectivity index (χ0n) is 8.02. The van der Waals surface area contributed by atoms with E-state index in [1.54, 1.807) is 0 Å². The summed E-state index contributed by atoms with van der Waals surface area (Å²) in [6, 6.07) is 4.38. The molecule has 1 rings (SSSR count). The van der Waals surface area contributed by atoms with Crippen LogP contribution in [0.3, 0.4) is 0 Å². The highest BCUT2D eigenvalue weighted by molar-refractivity contribution is 6.57. The Morgan fingerprint density at radius 2 is 1.42 bits per heavy atom. The van der Waals surface area contributed by atoms with E-state index >= 15 is 0 Å². The monoisotopic (exact) mass is 151 g/mol. The molecule has 0 saturated carbocycles. The predicted octanol–water partition coefficient (Wildman–Crippen LogP) is -5.41. The molecule has 0 aliphatic carbocycles. The maximum atomic E-state index is 8.90. The molecule has 0 fully saturated rings. The Hall–Kier alpha value is -1.03. The predicted molar refractivity (Wildman–Crippen MR) is 63.9 cm³/mol. The van der Waals surface area contributed by atoms with Gasteiger partial charge in [0.1, 0.15) is 31.4 Å². The van der Waals surface area contributed by atoms with Crippen LogP contribution < -0.4 is 21.9 Å². The van der Waals surface area contributed by atoms with Crippen molar-refractivity contribution in [2.75, 3.05) is 0 Å². The molecule has 0 heterocycles. The minimum absolute atomic E-state index is 0.840. The van der Waals surface area contributed by atoms with Crippen LogP contribution in [-0.2, 0) is 0 Å². The third-order valence-corrected chi connectivity index (χ3v) is 2.48. The van der Waals surface area contributed by atoms with E-state index in [4.69, 9.17) is 5.26 Å². The van der Waals surface area contributed by atoms with Gasteiger partial charge in [0, 0.05) is 5.56 Å². The summed E-state index contributed by atoms with van der Waals surface area (Å²) in [6.07, 6.45) is 0. The fraction of sp³-hybridized carbons (Fsp3) is 0. The van der Waals surface area contributed by atoms with E-state index in [9.17, 15) is 0 Å². The minimum Gasteiger partial charge on any atom is -0.192 e. The topological polar surface area (TPSA) is 23.8 Å². The molecule has 1 aromatic carbocycles. The Morgan fingerprint density at radius 1 is 1.00 bits per heavy atom. The van der Waals surface area contributed by atoms with Crippen LogP contribution in [-0.4, -0.2) is 31.4 Å². The fourth-order valence-electron chi connectivity index (χ4n) is 1.38. The molecule has 12 heavy (non-hydrogen) atoms.